The fraction of sp³-hybridized carbons (Fsp3) is 0.300. The van der Waals surface area contributed by atoms with E-state index in [9.17, 15) is 4.79 Å². The van der Waals surface area contributed by atoms with Gasteiger partial charge in [0, 0.05) is 9.26 Å². The second-order valence-corrected chi connectivity index (χ2v) is 3.91. The topological polar surface area (TPSA) is 38.3 Å². The van der Waals surface area contributed by atoms with Gasteiger partial charge in [0.2, 0.25) is 0 Å². The average Bonchev–Trinajstić information content (AvgIpc) is 2.15. The molecule has 0 bridgehead atoms. The molecule has 1 aromatic rings. The summed E-state index contributed by atoms with van der Waals surface area (Å²) in [6, 6.07) is 7.83. The number of anilines is 1. The summed E-state index contributed by atoms with van der Waals surface area (Å²) < 4.78 is 5.93. The van der Waals surface area contributed by atoms with Crippen molar-refractivity contribution < 1.29 is 9.53 Å². The van der Waals surface area contributed by atoms with Crippen molar-refractivity contribution in [1.82, 2.24) is 0 Å². The lowest BCUT2D eigenvalue weighted by molar-refractivity contribution is -0.140. The Morgan fingerprint density at radius 2 is 2.36 bits per heavy atom. The maximum atomic E-state index is 11.0. The molecule has 3 nitrogen and oxygen atoms in total. The summed E-state index contributed by atoms with van der Waals surface area (Å²) in [5.41, 5.74) is 0.935. The van der Waals surface area contributed by atoms with Gasteiger partial charge in [0.05, 0.1) is 6.61 Å². The summed E-state index contributed by atoms with van der Waals surface area (Å²) in [4.78, 5) is 11.0. The molecule has 0 radical (unpaired) electrons. The van der Waals surface area contributed by atoms with Gasteiger partial charge in [0.1, 0.15) is 6.54 Å². The standard InChI is InChI=1S/C10H12INO2/c1-2-14-10(13)7-12-9-5-3-4-8(11)6-9/h3-6,12H,2,7H2,1H3. The number of ether oxygens (including phenoxy) is 1. The van der Waals surface area contributed by atoms with Crippen molar-refractivity contribution in [2.24, 2.45) is 0 Å². The van der Waals surface area contributed by atoms with E-state index in [0.29, 0.717) is 6.61 Å². The number of esters is 1. The van der Waals surface area contributed by atoms with Crippen molar-refractivity contribution in [3.63, 3.8) is 0 Å². The zero-order valence-corrected chi connectivity index (χ0v) is 10.1. The molecule has 76 valence electrons. The van der Waals surface area contributed by atoms with Crippen molar-refractivity contribution in [3.8, 4) is 0 Å². The number of carbonyl (C=O) groups is 1. The molecule has 4 heteroatoms. The highest BCUT2D eigenvalue weighted by Gasteiger charge is 2.00. The van der Waals surface area contributed by atoms with E-state index >= 15 is 0 Å². The van der Waals surface area contributed by atoms with Crippen molar-refractivity contribution in [2.75, 3.05) is 18.5 Å². The summed E-state index contributed by atoms with van der Waals surface area (Å²) in [5, 5.41) is 2.99. The number of nitrogens with one attached hydrogen (secondary N) is 1. The van der Waals surface area contributed by atoms with E-state index in [0.717, 1.165) is 9.26 Å². The van der Waals surface area contributed by atoms with Crippen LogP contribution in [0.3, 0.4) is 0 Å². The SMILES string of the molecule is CCOC(=O)CNc1cccc(I)c1. The largest absolute Gasteiger partial charge is 0.465 e. The van der Waals surface area contributed by atoms with Gasteiger partial charge < -0.3 is 10.1 Å². The van der Waals surface area contributed by atoms with Crippen LogP contribution in [0.2, 0.25) is 0 Å². The maximum Gasteiger partial charge on any atom is 0.325 e. The minimum atomic E-state index is -0.230. The van der Waals surface area contributed by atoms with Crippen LogP contribution < -0.4 is 5.32 Å². The Balaban J connectivity index is 2.41. The van der Waals surface area contributed by atoms with Gasteiger partial charge in [-0.15, -0.1) is 0 Å². The molecule has 0 saturated carbocycles. The minimum Gasteiger partial charge on any atom is -0.465 e. The van der Waals surface area contributed by atoms with Crippen LogP contribution in [-0.4, -0.2) is 19.1 Å². The molecule has 0 aromatic heterocycles. The second-order valence-electron chi connectivity index (χ2n) is 2.67. The van der Waals surface area contributed by atoms with Crippen LogP contribution >= 0.6 is 22.6 Å². The summed E-state index contributed by atoms with van der Waals surface area (Å²) in [6.45, 7) is 2.43. The van der Waals surface area contributed by atoms with Gasteiger partial charge in [-0.2, -0.15) is 0 Å². The van der Waals surface area contributed by atoms with E-state index in [1.165, 1.54) is 0 Å². The zero-order valence-electron chi connectivity index (χ0n) is 7.92. The monoisotopic (exact) mass is 305 g/mol. The summed E-state index contributed by atoms with van der Waals surface area (Å²) in [5.74, 6) is -0.230. The fourth-order valence-electron chi connectivity index (χ4n) is 0.985. The number of halogens is 1. The average molecular weight is 305 g/mol. The molecule has 1 N–H and O–H groups in total. The third-order valence-corrected chi connectivity index (χ3v) is 2.24. The van der Waals surface area contributed by atoms with Crippen molar-refractivity contribution in [1.29, 1.82) is 0 Å². The molecule has 0 spiro atoms. The molecule has 1 aromatic carbocycles. The minimum absolute atomic E-state index is 0.216. The van der Waals surface area contributed by atoms with Crippen molar-refractivity contribution >= 4 is 34.2 Å². The third-order valence-electron chi connectivity index (χ3n) is 1.57. The van der Waals surface area contributed by atoms with Crippen LogP contribution in [0.15, 0.2) is 24.3 Å². The smallest absolute Gasteiger partial charge is 0.325 e. The molecule has 0 fully saturated rings. The Labute approximate surface area is 97.0 Å². The number of benzene rings is 1. The van der Waals surface area contributed by atoms with E-state index in [1.54, 1.807) is 6.92 Å². The van der Waals surface area contributed by atoms with Gasteiger partial charge in [0.25, 0.3) is 0 Å². The van der Waals surface area contributed by atoms with E-state index in [2.05, 4.69) is 27.9 Å². The molecule has 0 atom stereocenters. The molecular formula is C10H12INO2. The lowest BCUT2D eigenvalue weighted by Gasteiger charge is -2.05. The Hall–Kier alpha value is -0.780. The van der Waals surface area contributed by atoms with E-state index < -0.39 is 0 Å². The summed E-state index contributed by atoms with van der Waals surface area (Å²) >= 11 is 2.22. The van der Waals surface area contributed by atoms with Gasteiger partial charge in [-0.25, -0.2) is 0 Å². The number of rotatable bonds is 4. The molecular weight excluding hydrogens is 293 g/mol. The normalized spacial score (nSPS) is 9.57. The number of hydrogen-bond donors (Lipinski definition) is 1. The van der Waals surface area contributed by atoms with Crippen LogP contribution in [0.5, 0.6) is 0 Å². The summed E-state index contributed by atoms with van der Waals surface area (Å²) in [6.07, 6.45) is 0. The predicted octanol–water partition coefficient (Wildman–Crippen LogP) is 2.27. The first kappa shape index (κ1) is 11.3. The van der Waals surface area contributed by atoms with Gasteiger partial charge >= 0.3 is 5.97 Å². The van der Waals surface area contributed by atoms with Crippen molar-refractivity contribution in [2.45, 2.75) is 6.92 Å². The van der Waals surface area contributed by atoms with Crippen LogP contribution in [0, 0.1) is 3.57 Å². The van der Waals surface area contributed by atoms with Gasteiger partial charge in [-0.1, -0.05) is 6.07 Å². The molecule has 0 unspecified atom stereocenters. The highest BCUT2D eigenvalue weighted by molar-refractivity contribution is 14.1. The van der Waals surface area contributed by atoms with Crippen LogP contribution in [0.4, 0.5) is 5.69 Å². The summed E-state index contributed by atoms with van der Waals surface area (Å²) in [7, 11) is 0. The zero-order chi connectivity index (χ0) is 10.4. The van der Waals surface area contributed by atoms with E-state index in [1.807, 2.05) is 24.3 Å². The Morgan fingerprint density at radius 1 is 1.57 bits per heavy atom. The molecule has 0 aliphatic carbocycles. The highest BCUT2D eigenvalue weighted by Crippen LogP contribution is 2.11. The molecule has 0 aliphatic rings. The second kappa shape index (κ2) is 5.85. The first-order valence-corrected chi connectivity index (χ1v) is 5.45. The van der Waals surface area contributed by atoms with Crippen molar-refractivity contribution in [3.05, 3.63) is 27.8 Å². The first-order chi connectivity index (χ1) is 6.72. The van der Waals surface area contributed by atoms with Gasteiger partial charge in [-0.05, 0) is 47.7 Å². The van der Waals surface area contributed by atoms with Crippen LogP contribution in [0.1, 0.15) is 6.92 Å². The Bertz CT molecular complexity index is 315. The number of hydrogen-bond acceptors (Lipinski definition) is 3. The van der Waals surface area contributed by atoms with E-state index in [4.69, 9.17) is 4.74 Å². The Kier molecular flexibility index (Phi) is 4.72. The third kappa shape index (κ3) is 3.95. The molecule has 0 saturated heterocycles. The molecule has 0 aliphatic heterocycles. The van der Waals surface area contributed by atoms with Gasteiger partial charge in [-0.3, -0.25) is 4.79 Å². The highest BCUT2D eigenvalue weighted by atomic mass is 127. The number of carbonyl (C=O) groups excluding carboxylic acids is 1. The molecule has 14 heavy (non-hydrogen) atoms. The molecule has 1 rings (SSSR count). The van der Waals surface area contributed by atoms with E-state index in [-0.39, 0.29) is 12.5 Å². The quantitative estimate of drug-likeness (QED) is 0.685. The lowest BCUT2D eigenvalue weighted by Crippen LogP contribution is -2.16. The molecule has 0 amide bonds. The lowest BCUT2D eigenvalue weighted by atomic mass is 10.3. The Morgan fingerprint density at radius 3 is 3.00 bits per heavy atom. The predicted molar refractivity (Wildman–Crippen MR) is 64.3 cm³/mol. The first-order valence-electron chi connectivity index (χ1n) is 4.37. The van der Waals surface area contributed by atoms with Gasteiger partial charge in [0.15, 0.2) is 0 Å². The fourth-order valence-corrected chi connectivity index (χ4v) is 1.53. The van der Waals surface area contributed by atoms with Crippen LogP contribution in [-0.2, 0) is 9.53 Å². The molecule has 0 heterocycles. The van der Waals surface area contributed by atoms with Crippen LogP contribution in [0.25, 0.3) is 0 Å². The maximum absolute atomic E-state index is 11.0.